The van der Waals surface area contributed by atoms with Crippen LogP contribution in [0, 0.1) is 28.6 Å². The third-order valence-corrected chi connectivity index (χ3v) is 10.1. The number of ketones is 1. The van der Waals surface area contributed by atoms with Gasteiger partial charge in [0.25, 0.3) is 0 Å². The maximum absolute atomic E-state index is 13.5. The van der Waals surface area contributed by atoms with E-state index in [9.17, 15) is 9.90 Å². The first-order valence-corrected chi connectivity index (χ1v) is 11.8. The lowest BCUT2D eigenvalue weighted by Gasteiger charge is -2.56. The van der Waals surface area contributed by atoms with E-state index in [0.717, 1.165) is 50.1 Å². The SMILES string of the molecule is Cn1ccnc1S[C@H]1C[C@@H]2[C@H]3CC=C4C[C@@H](O)CC[C@]4(C)[C@@H]3CC[C@]2(C)C1=O. The molecule has 0 aliphatic heterocycles. The van der Waals surface area contributed by atoms with Crippen LogP contribution in [0.3, 0.4) is 0 Å². The summed E-state index contributed by atoms with van der Waals surface area (Å²) in [5, 5.41) is 11.2. The number of carbonyl (C=O) groups is 1. The molecular weight excluding hydrogens is 368 g/mol. The van der Waals surface area contributed by atoms with E-state index in [2.05, 4.69) is 24.9 Å². The third kappa shape index (κ3) is 2.61. The second-order valence-electron chi connectivity index (χ2n) is 10.1. The van der Waals surface area contributed by atoms with Crippen LogP contribution in [0.15, 0.2) is 29.2 Å². The Hall–Kier alpha value is -1.07. The molecule has 0 spiro atoms. The summed E-state index contributed by atoms with van der Waals surface area (Å²) in [6.45, 7) is 4.70. The molecule has 4 nitrogen and oxygen atoms in total. The van der Waals surface area contributed by atoms with Crippen molar-refractivity contribution in [3.8, 4) is 0 Å². The van der Waals surface area contributed by atoms with Crippen LogP contribution in [0.25, 0.3) is 0 Å². The number of aliphatic hydroxyl groups excluding tert-OH is 1. The Morgan fingerprint density at radius 3 is 2.75 bits per heavy atom. The fourth-order valence-corrected chi connectivity index (χ4v) is 8.39. The van der Waals surface area contributed by atoms with E-state index in [1.807, 2.05) is 24.0 Å². The molecule has 5 heteroatoms. The average molecular weight is 401 g/mol. The zero-order valence-corrected chi connectivity index (χ0v) is 18.0. The molecule has 0 unspecified atom stereocenters. The second kappa shape index (κ2) is 6.46. The highest BCUT2D eigenvalue weighted by atomic mass is 32.2. The molecule has 0 saturated heterocycles. The molecule has 1 aromatic heterocycles. The lowest BCUT2D eigenvalue weighted by molar-refractivity contribution is -0.131. The zero-order valence-electron chi connectivity index (χ0n) is 17.2. The van der Waals surface area contributed by atoms with Crippen molar-refractivity contribution < 1.29 is 9.90 Å². The maximum atomic E-state index is 13.5. The molecule has 0 amide bonds. The zero-order chi connectivity index (χ0) is 19.7. The minimum absolute atomic E-state index is 0.0428. The molecule has 4 aliphatic rings. The lowest BCUT2D eigenvalue weighted by Crippen LogP contribution is -2.50. The number of aliphatic hydroxyl groups is 1. The van der Waals surface area contributed by atoms with E-state index in [-0.39, 0.29) is 22.2 Å². The van der Waals surface area contributed by atoms with Crippen molar-refractivity contribution in [3.63, 3.8) is 0 Å². The fourth-order valence-electron chi connectivity index (χ4n) is 7.10. The minimum Gasteiger partial charge on any atom is -0.393 e. The molecule has 28 heavy (non-hydrogen) atoms. The Kier molecular flexibility index (Phi) is 4.37. The summed E-state index contributed by atoms with van der Waals surface area (Å²) < 4.78 is 2.02. The molecule has 1 aromatic rings. The van der Waals surface area contributed by atoms with Crippen molar-refractivity contribution in [2.75, 3.05) is 0 Å². The summed E-state index contributed by atoms with van der Waals surface area (Å²) in [4.78, 5) is 17.9. The Morgan fingerprint density at radius 1 is 1.21 bits per heavy atom. The van der Waals surface area contributed by atoms with Gasteiger partial charge in [0, 0.05) is 24.9 Å². The molecule has 1 heterocycles. The Labute approximate surface area is 172 Å². The van der Waals surface area contributed by atoms with Gasteiger partial charge < -0.3 is 9.67 Å². The van der Waals surface area contributed by atoms with E-state index >= 15 is 0 Å². The normalized spacial score (nSPS) is 45.2. The van der Waals surface area contributed by atoms with E-state index in [1.165, 1.54) is 5.57 Å². The predicted molar refractivity (Wildman–Crippen MR) is 111 cm³/mol. The number of rotatable bonds is 2. The van der Waals surface area contributed by atoms with Gasteiger partial charge in [-0.05, 0) is 68.1 Å². The van der Waals surface area contributed by atoms with Gasteiger partial charge in [0.05, 0.1) is 11.4 Å². The highest BCUT2D eigenvalue weighted by Gasteiger charge is 2.61. The molecule has 0 radical (unpaired) electrons. The van der Waals surface area contributed by atoms with Gasteiger partial charge in [0.15, 0.2) is 10.9 Å². The smallest absolute Gasteiger partial charge is 0.168 e. The number of thioether (sulfide) groups is 1. The number of hydrogen-bond acceptors (Lipinski definition) is 4. The summed E-state index contributed by atoms with van der Waals surface area (Å²) in [5.74, 6) is 2.22. The first-order chi connectivity index (χ1) is 13.3. The minimum atomic E-state index is -0.167. The number of imidazole rings is 1. The molecule has 3 fully saturated rings. The van der Waals surface area contributed by atoms with Gasteiger partial charge in [-0.15, -0.1) is 0 Å². The molecule has 5 rings (SSSR count). The largest absolute Gasteiger partial charge is 0.393 e. The molecule has 152 valence electrons. The van der Waals surface area contributed by atoms with Gasteiger partial charge >= 0.3 is 0 Å². The van der Waals surface area contributed by atoms with Crippen LogP contribution in [-0.4, -0.2) is 31.8 Å². The van der Waals surface area contributed by atoms with Crippen molar-refractivity contribution in [2.45, 2.75) is 75.3 Å². The summed E-state index contributed by atoms with van der Waals surface area (Å²) in [6.07, 6.45) is 13.2. The van der Waals surface area contributed by atoms with Gasteiger partial charge in [0.2, 0.25) is 0 Å². The number of aryl methyl sites for hydroxylation is 1. The van der Waals surface area contributed by atoms with Crippen molar-refractivity contribution >= 4 is 17.5 Å². The average Bonchev–Trinajstić information content (AvgIpc) is 3.18. The van der Waals surface area contributed by atoms with Gasteiger partial charge in [-0.25, -0.2) is 4.98 Å². The van der Waals surface area contributed by atoms with Crippen molar-refractivity contribution in [3.05, 3.63) is 24.0 Å². The lowest BCUT2D eigenvalue weighted by atomic mass is 9.48. The van der Waals surface area contributed by atoms with Crippen LogP contribution in [-0.2, 0) is 11.8 Å². The quantitative estimate of drug-likeness (QED) is 0.749. The Morgan fingerprint density at radius 2 is 2.00 bits per heavy atom. The van der Waals surface area contributed by atoms with E-state index in [1.54, 1.807) is 11.8 Å². The van der Waals surface area contributed by atoms with Gasteiger partial charge in [-0.1, -0.05) is 37.3 Å². The second-order valence-corrected chi connectivity index (χ2v) is 11.3. The maximum Gasteiger partial charge on any atom is 0.168 e. The number of carbonyl (C=O) groups excluding carboxylic acids is 1. The summed E-state index contributed by atoms with van der Waals surface area (Å²) >= 11 is 1.67. The van der Waals surface area contributed by atoms with E-state index in [0.29, 0.717) is 23.5 Å². The Bertz CT molecular complexity index is 832. The van der Waals surface area contributed by atoms with Crippen molar-refractivity contribution in [1.82, 2.24) is 9.55 Å². The standard InChI is InChI=1S/C23H32N2O2S/c1-22-8-6-15(26)12-14(22)4-5-16-17(22)7-9-23(2)18(16)13-19(20(23)27)28-21-24-10-11-25(21)3/h4,10-11,15-19,26H,5-9,12-13H2,1-3H3/t15-,16-,17+,18+,19-,22-,23-/m0/s1. The molecule has 3 saturated carbocycles. The van der Waals surface area contributed by atoms with E-state index < -0.39 is 0 Å². The van der Waals surface area contributed by atoms with Gasteiger partial charge in [-0.2, -0.15) is 0 Å². The number of hydrogen-bond donors (Lipinski definition) is 1. The number of nitrogens with zero attached hydrogens (tertiary/aromatic N) is 2. The highest BCUT2D eigenvalue weighted by Crippen LogP contribution is 2.65. The van der Waals surface area contributed by atoms with Crippen LogP contribution < -0.4 is 0 Å². The van der Waals surface area contributed by atoms with Crippen LogP contribution >= 0.6 is 11.8 Å². The fraction of sp³-hybridized carbons (Fsp3) is 0.739. The monoisotopic (exact) mass is 400 g/mol. The molecule has 0 bridgehead atoms. The topological polar surface area (TPSA) is 55.1 Å². The highest BCUT2D eigenvalue weighted by molar-refractivity contribution is 8.00. The molecule has 0 aromatic carbocycles. The third-order valence-electron chi connectivity index (χ3n) is 8.82. The number of fused-ring (bicyclic) bond motifs is 5. The number of Topliss-reactive ketones (excluding diaryl/α,β-unsaturated/α-hetero) is 1. The molecule has 7 atom stereocenters. The summed E-state index contributed by atoms with van der Waals surface area (Å²) in [5.41, 5.74) is 1.57. The Balaban J connectivity index is 1.43. The first kappa shape index (κ1) is 18.9. The number of aromatic nitrogens is 2. The van der Waals surface area contributed by atoms with Gasteiger partial charge in [-0.3, -0.25) is 4.79 Å². The van der Waals surface area contributed by atoms with Crippen LogP contribution in [0.2, 0.25) is 0 Å². The van der Waals surface area contributed by atoms with Gasteiger partial charge in [0.1, 0.15) is 0 Å². The molecular formula is C23H32N2O2S. The number of allylic oxidation sites excluding steroid dienone is 1. The van der Waals surface area contributed by atoms with Crippen molar-refractivity contribution in [1.29, 1.82) is 0 Å². The van der Waals surface area contributed by atoms with Crippen LogP contribution in [0.4, 0.5) is 0 Å². The van der Waals surface area contributed by atoms with Crippen LogP contribution in [0.1, 0.15) is 58.8 Å². The predicted octanol–water partition coefficient (Wildman–Crippen LogP) is 4.38. The summed E-state index contributed by atoms with van der Waals surface area (Å²) in [7, 11) is 2.01. The molecule has 4 aliphatic carbocycles. The van der Waals surface area contributed by atoms with Crippen LogP contribution in [0.5, 0.6) is 0 Å². The first-order valence-electron chi connectivity index (χ1n) is 10.9. The van der Waals surface area contributed by atoms with Crippen molar-refractivity contribution in [2.24, 2.45) is 35.6 Å². The van der Waals surface area contributed by atoms with E-state index in [4.69, 9.17) is 0 Å². The summed E-state index contributed by atoms with van der Waals surface area (Å²) in [6, 6.07) is 0. The molecule has 1 N–H and O–H groups in total.